The summed E-state index contributed by atoms with van der Waals surface area (Å²) in [7, 11) is 1.45. The van der Waals surface area contributed by atoms with E-state index in [2.05, 4.69) is 15.3 Å². The number of aliphatic hydroxyl groups is 1. The third-order valence-electron chi connectivity index (χ3n) is 6.29. The van der Waals surface area contributed by atoms with Gasteiger partial charge in [-0.2, -0.15) is 0 Å². The van der Waals surface area contributed by atoms with Crippen LogP contribution in [0.5, 0.6) is 0 Å². The van der Waals surface area contributed by atoms with E-state index in [1.807, 2.05) is 19.1 Å². The van der Waals surface area contributed by atoms with E-state index in [1.54, 1.807) is 24.4 Å². The Labute approximate surface area is 208 Å². The monoisotopic (exact) mass is 491 g/mol. The van der Waals surface area contributed by atoms with E-state index in [0.717, 1.165) is 16.7 Å². The lowest BCUT2D eigenvalue weighted by atomic mass is 9.93. The lowest BCUT2D eigenvalue weighted by molar-refractivity contribution is 0.0214. The number of allylic oxidation sites excluding steroid dienone is 1. The standard InChI is InChI=1S/C28H27F2N3O3/c1-17-22(18-9-11-19(29)12-10-18)15-32-27(17)26-21(7-5-8-23(26)30)28(35)33-24(25(16-34)36-2)14-20-6-3-4-13-31-20/h3-13,24-25,34H,14-16H2,1-2H3,(H,33,35)/t24-,25-/m1/s1. The summed E-state index contributed by atoms with van der Waals surface area (Å²) in [6.45, 7) is 1.79. The van der Waals surface area contributed by atoms with Crippen LogP contribution in [0.3, 0.4) is 0 Å². The quantitative estimate of drug-likeness (QED) is 0.474. The van der Waals surface area contributed by atoms with Gasteiger partial charge in [0.2, 0.25) is 0 Å². The molecule has 0 aliphatic carbocycles. The number of rotatable bonds is 9. The SMILES string of the molecule is CO[C@H](CO)[C@@H](Cc1ccccn1)NC(=O)c1cccc(F)c1C1=NCC(c2ccc(F)cc2)=C1C. The summed E-state index contributed by atoms with van der Waals surface area (Å²) in [6, 6.07) is 15.2. The molecule has 0 saturated carbocycles. The fourth-order valence-electron chi connectivity index (χ4n) is 4.35. The van der Waals surface area contributed by atoms with Crippen LogP contribution in [0.1, 0.15) is 34.1 Å². The van der Waals surface area contributed by atoms with Gasteiger partial charge in [-0.05, 0) is 60.0 Å². The normalized spacial score (nSPS) is 15.0. The Hall–Kier alpha value is -3.75. The molecule has 2 N–H and O–H groups in total. The second kappa shape index (κ2) is 11.3. The first-order chi connectivity index (χ1) is 17.4. The Morgan fingerprint density at radius 2 is 1.89 bits per heavy atom. The summed E-state index contributed by atoms with van der Waals surface area (Å²) >= 11 is 0. The summed E-state index contributed by atoms with van der Waals surface area (Å²) in [5.74, 6) is -1.44. The number of carbonyl (C=O) groups is 1. The van der Waals surface area contributed by atoms with Crippen LogP contribution in [0.2, 0.25) is 0 Å². The molecule has 1 amide bonds. The highest BCUT2D eigenvalue weighted by Gasteiger charge is 2.29. The van der Waals surface area contributed by atoms with E-state index in [-0.39, 0.29) is 23.6 Å². The average molecular weight is 492 g/mol. The van der Waals surface area contributed by atoms with Gasteiger partial charge in [-0.1, -0.05) is 24.3 Å². The number of aromatic nitrogens is 1. The lowest BCUT2D eigenvalue weighted by Gasteiger charge is -2.26. The number of carbonyl (C=O) groups excluding carboxylic acids is 1. The fraction of sp³-hybridized carbons (Fsp3) is 0.250. The second-order valence-electron chi connectivity index (χ2n) is 8.50. The minimum absolute atomic E-state index is 0.0964. The van der Waals surface area contributed by atoms with Crippen LogP contribution in [-0.2, 0) is 11.2 Å². The molecule has 0 spiro atoms. The van der Waals surface area contributed by atoms with Crippen molar-refractivity contribution in [1.82, 2.24) is 10.3 Å². The summed E-state index contributed by atoms with van der Waals surface area (Å²) in [5, 5.41) is 12.7. The third kappa shape index (κ3) is 5.40. The molecule has 0 bridgehead atoms. The van der Waals surface area contributed by atoms with Gasteiger partial charge in [-0.25, -0.2) is 8.78 Å². The molecule has 1 aliphatic heterocycles. The molecule has 2 aromatic carbocycles. The lowest BCUT2D eigenvalue weighted by Crippen LogP contribution is -2.47. The van der Waals surface area contributed by atoms with E-state index >= 15 is 4.39 Å². The van der Waals surface area contributed by atoms with Gasteiger partial charge in [-0.15, -0.1) is 0 Å². The van der Waals surface area contributed by atoms with Crippen molar-refractivity contribution in [3.05, 3.63) is 106 Å². The van der Waals surface area contributed by atoms with Gasteiger partial charge in [0.1, 0.15) is 17.7 Å². The Morgan fingerprint density at radius 1 is 1.11 bits per heavy atom. The number of halogens is 2. The highest BCUT2D eigenvalue weighted by Crippen LogP contribution is 2.30. The molecule has 36 heavy (non-hydrogen) atoms. The highest BCUT2D eigenvalue weighted by molar-refractivity contribution is 6.22. The molecule has 1 aliphatic rings. The minimum atomic E-state index is -0.691. The first-order valence-electron chi connectivity index (χ1n) is 11.6. The van der Waals surface area contributed by atoms with Crippen molar-refractivity contribution in [3.8, 4) is 0 Å². The summed E-state index contributed by atoms with van der Waals surface area (Å²) in [6.07, 6.45) is 1.26. The molecule has 0 fully saturated rings. The number of amides is 1. The maximum Gasteiger partial charge on any atom is 0.252 e. The van der Waals surface area contributed by atoms with Crippen LogP contribution in [0.15, 0.2) is 77.4 Å². The molecule has 1 aromatic heterocycles. The molecule has 0 radical (unpaired) electrons. The van der Waals surface area contributed by atoms with E-state index in [4.69, 9.17) is 4.74 Å². The molecule has 186 valence electrons. The molecule has 0 unspecified atom stereocenters. The van der Waals surface area contributed by atoms with Crippen LogP contribution >= 0.6 is 0 Å². The van der Waals surface area contributed by atoms with Crippen molar-refractivity contribution in [2.24, 2.45) is 4.99 Å². The predicted molar refractivity (Wildman–Crippen MR) is 134 cm³/mol. The molecular weight excluding hydrogens is 464 g/mol. The average Bonchev–Trinajstić information content (AvgIpc) is 3.26. The van der Waals surface area contributed by atoms with E-state index < -0.39 is 23.9 Å². The maximum atomic E-state index is 15.2. The third-order valence-corrected chi connectivity index (χ3v) is 6.29. The van der Waals surface area contributed by atoms with Gasteiger partial charge in [0.05, 0.1) is 30.5 Å². The predicted octanol–water partition coefficient (Wildman–Crippen LogP) is 3.98. The van der Waals surface area contributed by atoms with Gasteiger partial charge in [0, 0.05) is 31.0 Å². The van der Waals surface area contributed by atoms with Gasteiger partial charge in [0.25, 0.3) is 5.91 Å². The van der Waals surface area contributed by atoms with Crippen LogP contribution in [-0.4, -0.2) is 54.1 Å². The van der Waals surface area contributed by atoms with Crippen LogP contribution in [0.25, 0.3) is 5.57 Å². The van der Waals surface area contributed by atoms with E-state index in [9.17, 15) is 14.3 Å². The van der Waals surface area contributed by atoms with Crippen LogP contribution in [0, 0.1) is 11.6 Å². The molecule has 8 heteroatoms. The first-order valence-corrected chi connectivity index (χ1v) is 11.6. The Balaban J connectivity index is 1.66. The number of aliphatic imine (C=N–C) groups is 1. The Bertz CT molecular complexity index is 1290. The largest absolute Gasteiger partial charge is 0.394 e. The van der Waals surface area contributed by atoms with Crippen molar-refractivity contribution in [2.45, 2.75) is 25.5 Å². The van der Waals surface area contributed by atoms with Crippen molar-refractivity contribution in [1.29, 1.82) is 0 Å². The van der Waals surface area contributed by atoms with Gasteiger partial charge in [0.15, 0.2) is 0 Å². The van der Waals surface area contributed by atoms with Crippen LogP contribution in [0.4, 0.5) is 8.78 Å². The van der Waals surface area contributed by atoms with Gasteiger partial charge in [-0.3, -0.25) is 14.8 Å². The van der Waals surface area contributed by atoms with Gasteiger partial charge >= 0.3 is 0 Å². The number of methoxy groups -OCH3 is 1. The number of aliphatic hydroxyl groups excluding tert-OH is 1. The minimum Gasteiger partial charge on any atom is -0.394 e. The molecular formula is C28H27F2N3O3. The van der Waals surface area contributed by atoms with E-state index in [1.165, 1.54) is 37.4 Å². The molecule has 6 nitrogen and oxygen atoms in total. The number of nitrogens with one attached hydrogen (secondary N) is 1. The van der Waals surface area contributed by atoms with Crippen molar-refractivity contribution in [2.75, 3.05) is 20.3 Å². The zero-order chi connectivity index (χ0) is 25.7. The number of ether oxygens (including phenoxy) is 1. The number of nitrogens with zero attached hydrogens (tertiary/aromatic N) is 2. The summed E-state index contributed by atoms with van der Waals surface area (Å²) in [5.41, 5.74) is 3.65. The van der Waals surface area contributed by atoms with E-state index in [0.29, 0.717) is 24.4 Å². The second-order valence-corrected chi connectivity index (χ2v) is 8.50. The summed E-state index contributed by atoms with van der Waals surface area (Å²) < 4.78 is 34.0. The molecule has 4 rings (SSSR count). The number of benzene rings is 2. The maximum absolute atomic E-state index is 15.2. The van der Waals surface area contributed by atoms with Gasteiger partial charge < -0.3 is 15.2 Å². The number of hydrogen-bond donors (Lipinski definition) is 2. The highest BCUT2D eigenvalue weighted by atomic mass is 19.1. The summed E-state index contributed by atoms with van der Waals surface area (Å²) in [4.78, 5) is 22.3. The number of pyridine rings is 1. The van der Waals surface area contributed by atoms with Crippen molar-refractivity contribution < 1.29 is 23.4 Å². The molecule has 2 atom stereocenters. The zero-order valence-corrected chi connectivity index (χ0v) is 20.0. The van der Waals surface area contributed by atoms with Crippen molar-refractivity contribution in [3.63, 3.8) is 0 Å². The van der Waals surface area contributed by atoms with Crippen molar-refractivity contribution >= 4 is 17.2 Å². The first kappa shape index (κ1) is 25.3. The fourth-order valence-corrected chi connectivity index (χ4v) is 4.35. The molecule has 2 heterocycles. The molecule has 0 saturated heterocycles. The van der Waals surface area contributed by atoms with Crippen LogP contribution < -0.4 is 5.32 Å². The Kier molecular flexibility index (Phi) is 7.97. The number of hydrogen-bond acceptors (Lipinski definition) is 5. The topological polar surface area (TPSA) is 83.8 Å². The zero-order valence-electron chi connectivity index (χ0n) is 20.0. The smallest absolute Gasteiger partial charge is 0.252 e. The Morgan fingerprint density at radius 3 is 2.56 bits per heavy atom. The molecule has 3 aromatic rings.